The van der Waals surface area contributed by atoms with Crippen LogP contribution in [0.3, 0.4) is 0 Å². The van der Waals surface area contributed by atoms with Gasteiger partial charge in [-0.15, -0.1) is 0 Å². The number of hydrogen-bond donors (Lipinski definition) is 2. The fourth-order valence-electron chi connectivity index (χ4n) is 1.07. The molecular formula is C11H20N2. The summed E-state index contributed by atoms with van der Waals surface area (Å²) in [4.78, 5) is 0. The maximum Gasteiger partial charge on any atom is 0.0202 e. The van der Waals surface area contributed by atoms with Crippen LogP contribution in [0.1, 0.15) is 25.0 Å². The Labute approximate surface area is 81.2 Å². The third kappa shape index (κ3) is 4.65. The van der Waals surface area contributed by atoms with Crippen molar-refractivity contribution in [2.24, 2.45) is 5.73 Å². The first kappa shape index (κ1) is 12.1. The zero-order chi connectivity index (χ0) is 10.1. The number of rotatable bonds is 3. The molecule has 1 rings (SSSR count). The van der Waals surface area contributed by atoms with Crippen molar-refractivity contribution in [3.05, 3.63) is 35.4 Å². The van der Waals surface area contributed by atoms with Crippen LogP contribution in [0.25, 0.3) is 0 Å². The molecule has 0 amide bonds. The second kappa shape index (κ2) is 7.77. The van der Waals surface area contributed by atoms with Gasteiger partial charge in [-0.05, 0) is 18.2 Å². The highest BCUT2D eigenvalue weighted by atomic mass is 14.8. The number of nitrogens with one attached hydrogen (secondary N) is 1. The fourth-order valence-corrected chi connectivity index (χ4v) is 1.07. The molecule has 1 aromatic rings. The number of benzene rings is 1. The fraction of sp³-hybridized carbons (Fsp3) is 0.455. The van der Waals surface area contributed by atoms with Gasteiger partial charge >= 0.3 is 0 Å². The quantitative estimate of drug-likeness (QED) is 0.745. The summed E-state index contributed by atoms with van der Waals surface area (Å²) in [5.74, 6) is 0. The lowest BCUT2D eigenvalue weighted by Gasteiger charge is -2.01. The number of hydrogen-bond acceptors (Lipinski definition) is 2. The molecule has 0 fully saturated rings. The van der Waals surface area contributed by atoms with Gasteiger partial charge in [-0.2, -0.15) is 0 Å². The highest BCUT2D eigenvalue weighted by Crippen LogP contribution is 2.03. The van der Waals surface area contributed by atoms with Crippen LogP contribution in [0.5, 0.6) is 0 Å². The normalized spacial score (nSPS) is 8.92. The third-order valence-corrected chi connectivity index (χ3v) is 1.61. The van der Waals surface area contributed by atoms with Gasteiger partial charge in [0.2, 0.25) is 0 Å². The van der Waals surface area contributed by atoms with Crippen LogP contribution >= 0.6 is 0 Å². The zero-order valence-corrected chi connectivity index (χ0v) is 8.80. The molecule has 0 unspecified atom stereocenters. The van der Waals surface area contributed by atoms with Crippen molar-refractivity contribution in [1.29, 1.82) is 0 Å². The van der Waals surface area contributed by atoms with E-state index >= 15 is 0 Å². The Bertz CT molecular complexity index is 221. The predicted molar refractivity (Wildman–Crippen MR) is 58.4 cm³/mol. The van der Waals surface area contributed by atoms with Gasteiger partial charge in [-0.25, -0.2) is 0 Å². The number of nitrogens with two attached hydrogens (primary N) is 1. The summed E-state index contributed by atoms with van der Waals surface area (Å²) in [6.45, 7) is 5.53. The molecular weight excluding hydrogens is 160 g/mol. The van der Waals surface area contributed by atoms with E-state index in [0.717, 1.165) is 6.54 Å². The van der Waals surface area contributed by atoms with Crippen molar-refractivity contribution in [3.63, 3.8) is 0 Å². The van der Waals surface area contributed by atoms with Crippen molar-refractivity contribution in [1.82, 2.24) is 5.32 Å². The van der Waals surface area contributed by atoms with Gasteiger partial charge in [0.25, 0.3) is 0 Å². The Balaban J connectivity index is 0.000000671. The van der Waals surface area contributed by atoms with E-state index in [9.17, 15) is 0 Å². The largest absolute Gasteiger partial charge is 0.326 e. The van der Waals surface area contributed by atoms with Gasteiger partial charge < -0.3 is 11.1 Å². The summed E-state index contributed by atoms with van der Waals surface area (Å²) in [5, 5.41) is 3.09. The van der Waals surface area contributed by atoms with Gasteiger partial charge in [-0.3, -0.25) is 0 Å². The van der Waals surface area contributed by atoms with E-state index in [0.29, 0.717) is 6.54 Å². The lowest BCUT2D eigenvalue weighted by molar-refractivity contribution is 0.815. The molecule has 0 saturated heterocycles. The third-order valence-electron chi connectivity index (χ3n) is 1.61. The van der Waals surface area contributed by atoms with Crippen LogP contribution in [0.2, 0.25) is 0 Å². The zero-order valence-electron chi connectivity index (χ0n) is 8.80. The minimum atomic E-state index is 0.623. The van der Waals surface area contributed by atoms with Crippen LogP contribution in [0.4, 0.5) is 0 Å². The molecule has 0 atom stereocenters. The molecule has 1 aromatic carbocycles. The molecule has 0 aromatic heterocycles. The van der Waals surface area contributed by atoms with Crippen molar-refractivity contribution in [3.8, 4) is 0 Å². The average molecular weight is 180 g/mol. The van der Waals surface area contributed by atoms with Crippen LogP contribution in [0, 0.1) is 0 Å². The van der Waals surface area contributed by atoms with Crippen LogP contribution in [-0.4, -0.2) is 7.05 Å². The van der Waals surface area contributed by atoms with Crippen molar-refractivity contribution in [2.75, 3.05) is 7.05 Å². The first-order chi connectivity index (χ1) is 6.36. The molecule has 0 aliphatic carbocycles. The topological polar surface area (TPSA) is 38.0 Å². The first-order valence-electron chi connectivity index (χ1n) is 4.79. The summed E-state index contributed by atoms with van der Waals surface area (Å²) in [6, 6.07) is 8.29. The van der Waals surface area contributed by atoms with Gasteiger partial charge in [0.1, 0.15) is 0 Å². The molecule has 0 radical (unpaired) electrons. The van der Waals surface area contributed by atoms with E-state index in [-0.39, 0.29) is 0 Å². The van der Waals surface area contributed by atoms with E-state index in [2.05, 4.69) is 17.4 Å². The molecule has 0 aliphatic rings. The molecule has 0 bridgehead atoms. The summed E-state index contributed by atoms with van der Waals surface area (Å²) in [7, 11) is 1.94. The van der Waals surface area contributed by atoms with E-state index in [1.54, 1.807) is 0 Å². The molecule has 0 spiro atoms. The molecule has 0 saturated carbocycles. The van der Waals surface area contributed by atoms with E-state index in [1.165, 1.54) is 11.1 Å². The Hall–Kier alpha value is -0.860. The smallest absolute Gasteiger partial charge is 0.0202 e. The second-order valence-electron chi connectivity index (χ2n) is 2.55. The maximum absolute atomic E-state index is 5.49. The Kier molecular flexibility index (Phi) is 7.26. The van der Waals surface area contributed by atoms with E-state index < -0.39 is 0 Å². The summed E-state index contributed by atoms with van der Waals surface area (Å²) in [5.41, 5.74) is 7.97. The van der Waals surface area contributed by atoms with Crippen molar-refractivity contribution >= 4 is 0 Å². The maximum atomic E-state index is 5.49. The molecule has 13 heavy (non-hydrogen) atoms. The predicted octanol–water partition coefficient (Wildman–Crippen LogP) is 1.89. The molecule has 2 heteroatoms. The van der Waals surface area contributed by atoms with E-state index in [1.807, 2.05) is 33.0 Å². The Morgan fingerprint density at radius 3 is 2.38 bits per heavy atom. The van der Waals surface area contributed by atoms with Gasteiger partial charge in [0.05, 0.1) is 0 Å². The van der Waals surface area contributed by atoms with Gasteiger partial charge in [-0.1, -0.05) is 38.1 Å². The highest BCUT2D eigenvalue weighted by molar-refractivity contribution is 5.22. The molecule has 0 heterocycles. The molecule has 2 nitrogen and oxygen atoms in total. The summed E-state index contributed by atoms with van der Waals surface area (Å²) >= 11 is 0. The Morgan fingerprint density at radius 1 is 1.23 bits per heavy atom. The van der Waals surface area contributed by atoms with Gasteiger partial charge in [0, 0.05) is 13.1 Å². The van der Waals surface area contributed by atoms with Crippen LogP contribution < -0.4 is 11.1 Å². The van der Waals surface area contributed by atoms with Gasteiger partial charge in [0.15, 0.2) is 0 Å². The van der Waals surface area contributed by atoms with Crippen molar-refractivity contribution in [2.45, 2.75) is 26.9 Å². The standard InChI is InChI=1S/C9H14N2.C2H6/c1-11-7-9-4-2-3-8(5-9)6-10;1-2/h2-5,11H,6-7,10H2,1H3;1-2H3. The summed E-state index contributed by atoms with van der Waals surface area (Å²) in [6.07, 6.45) is 0. The first-order valence-corrected chi connectivity index (χ1v) is 4.79. The molecule has 3 N–H and O–H groups in total. The van der Waals surface area contributed by atoms with Crippen LogP contribution in [-0.2, 0) is 13.1 Å². The van der Waals surface area contributed by atoms with E-state index in [4.69, 9.17) is 5.73 Å². The minimum absolute atomic E-state index is 0.623. The highest BCUT2D eigenvalue weighted by Gasteiger charge is 1.91. The van der Waals surface area contributed by atoms with Crippen molar-refractivity contribution < 1.29 is 0 Å². The molecule has 74 valence electrons. The lowest BCUT2D eigenvalue weighted by atomic mass is 10.1. The average Bonchev–Trinajstić information content (AvgIpc) is 2.22. The molecule has 0 aliphatic heterocycles. The second-order valence-corrected chi connectivity index (χ2v) is 2.55. The Morgan fingerprint density at radius 2 is 1.85 bits per heavy atom. The monoisotopic (exact) mass is 180 g/mol. The van der Waals surface area contributed by atoms with Crippen LogP contribution in [0.15, 0.2) is 24.3 Å². The minimum Gasteiger partial charge on any atom is -0.326 e. The summed E-state index contributed by atoms with van der Waals surface area (Å²) < 4.78 is 0. The SMILES string of the molecule is CC.CNCc1cccc(CN)c1. The lowest BCUT2D eigenvalue weighted by Crippen LogP contribution is -2.05.